The standard InChI is InChI=1S/C36H40F3NO3S2/c1-4-42-33(41)24-43-31-22-21-30(23-25(31)2)44-32(16-12-7-5-6-9-13-27-14-10-8-11-15-27)34-26(3)40-35(45-34)28-17-19-29(20-18-28)36(37,38)39/h8,10-11,14-15,17-23,32H,4-7,9,12-13,16,24H2,1-3H3. The molecular formula is C36H40F3NO3S2. The third kappa shape index (κ3) is 10.6. The van der Waals surface area contributed by atoms with Gasteiger partial charge in [-0.25, -0.2) is 9.78 Å². The van der Waals surface area contributed by atoms with Crippen LogP contribution in [-0.4, -0.2) is 24.2 Å². The van der Waals surface area contributed by atoms with Crippen LogP contribution in [0.2, 0.25) is 0 Å². The zero-order chi connectivity index (χ0) is 32.2. The average Bonchev–Trinajstić information content (AvgIpc) is 3.41. The highest BCUT2D eigenvalue weighted by atomic mass is 32.2. The SMILES string of the molecule is CCOC(=O)COc1ccc(SC(CCCCCCCc2ccccc2)c2sc(-c3ccc(C(F)(F)F)cc3)nc2C)cc1C. The lowest BCUT2D eigenvalue weighted by Crippen LogP contribution is -2.14. The number of hydrogen-bond acceptors (Lipinski definition) is 6. The lowest BCUT2D eigenvalue weighted by molar-refractivity contribution is -0.145. The zero-order valence-electron chi connectivity index (χ0n) is 26.0. The van der Waals surface area contributed by atoms with Crippen molar-refractivity contribution in [1.82, 2.24) is 4.98 Å². The summed E-state index contributed by atoms with van der Waals surface area (Å²) in [5.41, 5.74) is 3.23. The molecule has 3 aromatic carbocycles. The summed E-state index contributed by atoms with van der Waals surface area (Å²) < 4.78 is 50.0. The largest absolute Gasteiger partial charge is 0.482 e. The second kappa shape index (κ2) is 16.9. The molecule has 1 heterocycles. The highest BCUT2D eigenvalue weighted by Gasteiger charge is 2.30. The number of carbonyl (C=O) groups excluding carboxylic acids is 1. The van der Waals surface area contributed by atoms with E-state index < -0.39 is 17.7 Å². The molecule has 9 heteroatoms. The summed E-state index contributed by atoms with van der Waals surface area (Å²) in [7, 11) is 0. The third-order valence-electron chi connectivity index (χ3n) is 7.43. The number of ether oxygens (including phenoxy) is 2. The topological polar surface area (TPSA) is 48.4 Å². The van der Waals surface area contributed by atoms with Gasteiger partial charge >= 0.3 is 12.1 Å². The van der Waals surface area contributed by atoms with E-state index >= 15 is 0 Å². The lowest BCUT2D eigenvalue weighted by atomic mass is 10.0. The molecule has 0 aliphatic carbocycles. The first-order valence-corrected chi connectivity index (χ1v) is 17.1. The number of thioether (sulfide) groups is 1. The minimum Gasteiger partial charge on any atom is -0.482 e. The van der Waals surface area contributed by atoms with Gasteiger partial charge in [0, 0.05) is 20.6 Å². The molecule has 45 heavy (non-hydrogen) atoms. The summed E-state index contributed by atoms with van der Waals surface area (Å²) in [6.07, 6.45) is 3.43. The van der Waals surface area contributed by atoms with Gasteiger partial charge in [-0.15, -0.1) is 23.1 Å². The van der Waals surface area contributed by atoms with E-state index in [0.717, 1.165) is 63.9 Å². The summed E-state index contributed by atoms with van der Waals surface area (Å²) in [6.45, 7) is 5.87. The summed E-state index contributed by atoms with van der Waals surface area (Å²) in [6, 6.07) is 21.8. The molecular weight excluding hydrogens is 616 g/mol. The maximum atomic E-state index is 13.1. The Balaban J connectivity index is 1.44. The van der Waals surface area contributed by atoms with E-state index in [-0.39, 0.29) is 11.9 Å². The predicted octanol–water partition coefficient (Wildman–Crippen LogP) is 10.8. The first kappa shape index (κ1) is 34.6. The molecule has 1 unspecified atom stereocenters. The van der Waals surface area contributed by atoms with Crippen molar-refractivity contribution in [1.29, 1.82) is 0 Å². The van der Waals surface area contributed by atoms with Gasteiger partial charge in [0.15, 0.2) is 6.61 Å². The number of esters is 1. The van der Waals surface area contributed by atoms with E-state index in [4.69, 9.17) is 14.5 Å². The van der Waals surface area contributed by atoms with Gasteiger partial charge in [0.25, 0.3) is 0 Å². The van der Waals surface area contributed by atoms with E-state index in [0.29, 0.717) is 17.9 Å². The van der Waals surface area contributed by atoms with Crippen LogP contribution in [0.5, 0.6) is 5.75 Å². The van der Waals surface area contributed by atoms with Gasteiger partial charge in [-0.1, -0.05) is 68.1 Å². The van der Waals surface area contributed by atoms with E-state index in [1.54, 1.807) is 30.0 Å². The molecule has 1 aromatic heterocycles. The fourth-order valence-corrected chi connectivity index (χ4v) is 7.73. The number of aryl methyl sites for hydroxylation is 3. The van der Waals surface area contributed by atoms with Crippen molar-refractivity contribution in [3.05, 3.63) is 100 Å². The quantitative estimate of drug-likeness (QED) is 0.0683. The van der Waals surface area contributed by atoms with Crippen molar-refractivity contribution >= 4 is 29.1 Å². The van der Waals surface area contributed by atoms with Gasteiger partial charge in [0.1, 0.15) is 10.8 Å². The Morgan fingerprint density at radius 1 is 0.933 bits per heavy atom. The minimum atomic E-state index is -4.37. The molecule has 0 radical (unpaired) electrons. The Morgan fingerprint density at radius 3 is 2.33 bits per heavy atom. The first-order chi connectivity index (χ1) is 21.6. The Morgan fingerprint density at radius 2 is 1.64 bits per heavy atom. The van der Waals surface area contributed by atoms with Crippen LogP contribution in [0.3, 0.4) is 0 Å². The van der Waals surface area contributed by atoms with Crippen LogP contribution < -0.4 is 4.74 Å². The maximum Gasteiger partial charge on any atom is 0.416 e. The minimum absolute atomic E-state index is 0.137. The molecule has 0 spiro atoms. The van der Waals surface area contributed by atoms with Gasteiger partial charge in [-0.05, 0) is 81.5 Å². The number of alkyl halides is 3. The van der Waals surface area contributed by atoms with Crippen molar-refractivity contribution in [2.75, 3.05) is 13.2 Å². The summed E-state index contributed by atoms with van der Waals surface area (Å²) in [4.78, 5) is 18.7. The molecule has 0 aliphatic rings. The van der Waals surface area contributed by atoms with Crippen molar-refractivity contribution in [3.8, 4) is 16.3 Å². The van der Waals surface area contributed by atoms with Crippen molar-refractivity contribution in [2.24, 2.45) is 0 Å². The van der Waals surface area contributed by atoms with E-state index in [9.17, 15) is 18.0 Å². The van der Waals surface area contributed by atoms with Crippen molar-refractivity contribution in [3.63, 3.8) is 0 Å². The summed E-state index contributed by atoms with van der Waals surface area (Å²) in [5.74, 6) is 0.234. The Kier molecular flexibility index (Phi) is 12.9. The second-order valence-corrected chi connectivity index (χ2v) is 13.3. The number of hydrogen-bond donors (Lipinski definition) is 0. The van der Waals surface area contributed by atoms with Crippen LogP contribution >= 0.6 is 23.1 Å². The van der Waals surface area contributed by atoms with Crippen LogP contribution in [0, 0.1) is 13.8 Å². The summed E-state index contributed by atoms with van der Waals surface area (Å²) in [5, 5.41) is 0.863. The smallest absolute Gasteiger partial charge is 0.416 e. The molecule has 0 amide bonds. The number of thiazole rings is 1. The molecule has 0 bridgehead atoms. The van der Waals surface area contributed by atoms with Crippen LogP contribution in [0.25, 0.3) is 10.6 Å². The molecule has 4 nitrogen and oxygen atoms in total. The van der Waals surface area contributed by atoms with Gasteiger partial charge < -0.3 is 9.47 Å². The molecule has 0 fully saturated rings. The Hall–Kier alpha value is -3.30. The molecule has 240 valence electrons. The molecule has 1 atom stereocenters. The normalized spacial score (nSPS) is 12.2. The Bertz CT molecular complexity index is 1500. The molecule has 0 N–H and O–H groups in total. The lowest BCUT2D eigenvalue weighted by Gasteiger charge is -2.17. The van der Waals surface area contributed by atoms with Crippen LogP contribution in [-0.2, 0) is 22.1 Å². The van der Waals surface area contributed by atoms with Gasteiger partial charge in [-0.3, -0.25) is 0 Å². The second-order valence-electron chi connectivity index (χ2n) is 11.0. The van der Waals surface area contributed by atoms with Crippen LogP contribution in [0.4, 0.5) is 13.2 Å². The number of halogens is 3. The van der Waals surface area contributed by atoms with Crippen molar-refractivity contribution in [2.45, 2.75) is 82.0 Å². The van der Waals surface area contributed by atoms with Crippen molar-refractivity contribution < 1.29 is 27.4 Å². The molecule has 0 aliphatic heterocycles. The Labute approximate surface area is 272 Å². The number of unbranched alkanes of at least 4 members (excludes halogenated alkanes) is 4. The number of aromatic nitrogens is 1. The highest BCUT2D eigenvalue weighted by molar-refractivity contribution is 7.99. The highest BCUT2D eigenvalue weighted by Crippen LogP contribution is 2.45. The van der Waals surface area contributed by atoms with E-state index in [1.807, 2.05) is 32.0 Å². The van der Waals surface area contributed by atoms with Gasteiger partial charge in [0.2, 0.25) is 0 Å². The van der Waals surface area contributed by atoms with Crippen LogP contribution in [0.15, 0.2) is 77.7 Å². The number of carbonyl (C=O) groups is 1. The predicted molar refractivity (Wildman–Crippen MR) is 177 cm³/mol. The fraction of sp³-hybridized carbons (Fsp3) is 0.389. The maximum absolute atomic E-state index is 13.1. The number of rotatable bonds is 16. The molecule has 4 aromatic rings. The average molecular weight is 656 g/mol. The van der Waals surface area contributed by atoms with Crippen LogP contribution in [0.1, 0.15) is 78.0 Å². The number of nitrogens with zero attached hydrogens (tertiary/aromatic N) is 1. The summed E-state index contributed by atoms with van der Waals surface area (Å²) >= 11 is 3.32. The molecule has 0 saturated carbocycles. The van der Waals surface area contributed by atoms with E-state index in [2.05, 4.69) is 30.3 Å². The van der Waals surface area contributed by atoms with Gasteiger partial charge in [0.05, 0.1) is 17.9 Å². The van der Waals surface area contributed by atoms with E-state index in [1.165, 1.54) is 37.0 Å². The first-order valence-electron chi connectivity index (χ1n) is 15.4. The number of benzene rings is 3. The van der Waals surface area contributed by atoms with Gasteiger partial charge in [-0.2, -0.15) is 13.2 Å². The molecule has 4 rings (SSSR count). The fourth-order valence-electron chi connectivity index (χ4n) is 5.07. The monoisotopic (exact) mass is 655 g/mol. The molecule has 0 saturated heterocycles. The third-order valence-corrected chi connectivity index (χ3v) is 10.2. The zero-order valence-corrected chi connectivity index (χ0v) is 27.6.